The average Bonchev–Trinajstić information content (AvgIpc) is 2.46. The molecular weight excluding hydrogens is 272 g/mol. The summed E-state index contributed by atoms with van der Waals surface area (Å²) in [7, 11) is 1.56. The summed E-state index contributed by atoms with van der Waals surface area (Å²) in [6.45, 7) is 3.11. The number of anilines is 1. The number of carboxylic acid groups (broad SMARTS) is 1. The number of hydrogen-bond acceptors (Lipinski definition) is 3. The monoisotopic (exact) mass is 292 g/mol. The van der Waals surface area contributed by atoms with Crippen molar-refractivity contribution in [3.05, 3.63) is 29.8 Å². The molecule has 0 radical (unpaired) electrons. The number of rotatable bonds is 3. The first kappa shape index (κ1) is 15.3. The molecule has 1 aliphatic rings. The van der Waals surface area contributed by atoms with Gasteiger partial charge in [0.05, 0.1) is 23.4 Å². The normalized spacial score (nSPS) is 21.6. The lowest BCUT2D eigenvalue weighted by Gasteiger charge is -2.35. The van der Waals surface area contributed by atoms with Crippen LogP contribution in [0.1, 0.15) is 30.1 Å². The predicted molar refractivity (Wildman–Crippen MR) is 78.8 cm³/mol. The average molecular weight is 292 g/mol. The van der Waals surface area contributed by atoms with Crippen molar-refractivity contribution in [1.29, 1.82) is 0 Å². The van der Waals surface area contributed by atoms with Crippen LogP contribution in [-0.4, -0.2) is 42.9 Å². The fourth-order valence-corrected chi connectivity index (χ4v) is 2.43. The minimum Gasteiger partial charge on any atom is -0.478 e. The maximum absolute atomic E-state index is 12.4. The maximum atomic E-state index is 12.4. The van der Waals surface area contributed by atoms with Gasteiger partial charge < -0.3 is 15.2 Å². The van der Waals surface area contributed by atoms with Crippen molar-refractivity contribution in [3.63, 3.8) is 0 Å². The molecule has 2 amide bonds. The number of nitrogens with zero attached hydrogens (tertiary/aromatic N) is 1. The standard InChI is InChI=1S/C15H20N2O4/c1-15(8-5-9-21-10-15)16-14(20)17(2)12-7-4-3-6-11(12)13(18)19/h3-4,6-7H,5,8-10H2,1-2H3,(H,16,20)(H,18,19). The van der Waals surface area contributed by atoms with Crippen molar-refractivity contribution >= 4 is 17.7 Å². The van der Waals surface area contributed by atoms with E-state index >= 15 is 0 Å². The Morgan fingerprint density at radius 1 is 1.38 bits per heavy atom. The van der Waals surface area contributed by atoms with Crippen LogP contribution in [0.3, 0.4) is 0 Å². The third-order valence-electron chi connectivity index (χ3n) is 3.65. The summed E-state index contributed by atoms with van der Waals surface area (Å²) >= 11 is 0. The number of amides is 2. The number of carboxylic acids is 1. The quantitative estimate of drug-likeness (QED) is 0.894. The Morgan fingerprint density at radius 3 is 2.71 bits per heavy atom. The van der Waals surface area contributed by atoms with Crippen molar-refractivity contribution in [3.8, 4) is 0 Å². The van der Waals surface area contributed by atoms with Crippen LogP contribution in [-0.2, 0) is 4.74 Å². The molecule has 1 aliphatic heterocycles. The molecule has 1 fully saturated rings. The van der Waals surface area contributed by atoms with E-state index in [1.807, 2.05) is 6.92 Å². The highest BCUT2D eigenvalue weighted by atomic mass is 16.5. The van der Waals surface area contributed by atoms with E-state index in [4.69, 9.17) is 4.74 Å². The SMILES string of the molecule is CN(C(=O)NC1(C)CCCOC1)c1ccccc1C(=O)O. The first-order valence-corrected chi connectivity index (χ1v) is 6.89. The molecule has 0 bridgehead atoms. The van der Waals surface area contributed by atoms with Gasteiger partial charge in [-0.05, 0) is 31.9 Å². The number of carbonyl (C=O) groups is 2. The predicted octanol–water partition coefficient (Wildman–Crippen LogP) is 2.10. The molecule has 1 aromatic rings. The number of hydrogen-bond donors (Lipinski definition) is 2. The van der Waals surface area contributed by atoms with Crippen LogP contribution in [0.4, 0.5) is 10.5 Å². The van der Waals surface area contributed by atoms with Gasteiger partial charge in [0.1, 0.15) is 0 Å². The van der Waals surface area contributed by atoms with Crippen LogP contribution in [0.15, 0.2) is 24.3 Å². The summed E-state index contributed by atoms with van der Waals surface area (Å²) in [5, 5.41) is 12.1. The van der Waals surface area contributed by atoms with Crippen LogP contribution in [0.2, 0.25) is 0 Å². The van der Waals surface area contributed by atoms with E-state index < -0.39 is 11.5 Å². The maximum Gasteiger partial charge on any atom is 0.337 e. The highest BCUT2D eigenvalue weighted by molar-refractivity contribution is 6.01. The Bertz CT molecular complexity index is 538. The first-order valence-electron chi connectivity index (χ1n) is 6.89. The van der Waals surface area contributed by atoms with Gasteiger partial charge in [-0.15, -0.1) is 0 Å². The minimum absolute atomic E-state index is 0.0974. The van der Waals surface area contributed by atoms with Crippen LogP contribution in [0, 0.1) is 0 Å². The van der Waals surface area contributed by atoms with Crippen LogP contribution in [0.5, 0.6) is 0 Å². The zero-order chi connectivity index (χ0) is 15.5. The van der Waals surface area contributed by atoms with Crippen molar-refractivity contribution in [1.82, 2.24) is 5.32 Å². The van der Waals surface area contributed by atoms with E-state index in [2.05, 4.69) is 5.32 Å². The Hall–Kier alpha value is -2.08. The molecule has 0 aliphatic carbocycles. The second kappa shape index (κ2) is 6.13. The first-order chi connectivity index (χ1) is 9.93. The lowest BCUT2D eigenvalue weighted by molar-refractivity contribution is 0.0338. The molecule has 0 saturated carbocycles. The smallest absolute Gasteiger partial charge is 0.337 e. The Morgan fingerprint density at radius 2 is 2.10 bits per heavy atom. The fourth-order valence-electron chi connectivity index (χ4n) is 2.43. The lowest BCUT2D eigenvalue weighted by Crippen LogP contribution is -2.55. The summed E-state index contributed by atoms with van der Waals surface area (Å²) < 4.78 is 5.41. The Kier molecular flexibility index (Phi) is 4.47. The minimum atomic E-state index is -1.06. The van der Waals surface area contributed by atoms with E-state index in [9.17, 15) is 14.7 Å². The number of ether oxygens (including phenoxy) is 1. The van der Waals surface area contributed by atoms with E-state index in [1.54, 1.807) is 25.2 Å². The van der Waals surface area contributed by atoms with Crippen LogP contribution in [0.25, 0.3) is 0 Å². The largest absolute Gasteiger partial charge is 0.478 e. The molecule has 0 spiro atoms. The van der Waals surface area contributed by atoms with E-state index in [1.165, 1.54) is 11.0 Å². The zero-order valence-electron chi connectivity index (χ0n) is 12.3. The van der Waals surface area contributed by atoms with Crippen molar-refractivity contribution in [2.75, 3.05) is 25.2 Å². The number of aromatic carboxylic acids is 1. The number of carbonyl (C=O) groups excluding carboxylic acids is 1. The topological polar surface area (TPSA) is 78.9 Å². The fraction of sp³-hybridized carbons (Fsp3) is 0.467. The van der Waals surface area contributed by atoms with E-state index in [0.29, 0.717) is 18.9 Å². The second-order valence-corrected chi connectivity index (χ2v) is 5.53. The van der Waals surface area contributed by atoms with Gasteiger partial charge in [0.2, 0.25) is 0 Å². The molecule has 0 aromatic heterocycles. The van der Waals surface area contributed by atoms with E-state index in [0.717, 1.165) is 12.8 Å². The lowest BCUT2D eigenvalue weighted by atomic mass is 9.95. The van der Waals surface area contributed by atoms with Crippen molar-refractivity contribution < 1.29 is 19.4 Å². The number of benzene rings is 1. The molecule has 21 heavy (non-hydrogen) atoms. The summed E-state index contributed by atoms with van der Waals surface area (Å²) in [5.41, 5.74) is 0.0462. The van der Waals surface area contributed by atoms with E-state index in [-0.39, 0.29) is 11.6 Å². The zero-order valence-corrected chi connectivity index (χ0v) is 12.3. The summed E-state index contributed by atoms with van der Waals surface area (Å²) in [6, 6.07) is 6.10. The van der Waals surface area contributed by atoms with Gasteiger partial charge in [-0.1, -0.05) is 12.1 Å². The number of urea groups is 1. The summed E-state index contributed by atoms with van der Waals surface area (Å²) in [6.07, 6.45) is 1.74. The van der Waals surface area contributed by atoms with Crippen LogP contribution >= 0.6 is 0 Å². The van der Waals surface area contributed by atoms with Gasteiger partial charge >= 0.3 is 12.0 Å². The third-order valence-corrected chi connectivity index (χ3v) is 3.65. The summed E-state index contributed by atoms with van der Waals surface area (Å²) in [5.74, 6) is -1.06. The number of para-hydroxylation sites is 1. The molecule has 114 valence electrons. The van der Waals surface area contributed by atoms with Crippen molar-refractivity contribution in [2.45, 2.75) is 25.3 Å². The second-order valence-electron chi connectivity index (χ2n) is 5.53. The van der Waals surface area contributed by atoms with Crippen LogP contribution < -0.4 is 10.2 Å². The van der Waals surface area contributed by atoms with Gasteiger partial charge in [0.15, 0.2) is 0 Å². The molecule has 2 N–H and O–H groups in total. The third kappa shape index (κ3) is 3.52. The summed E-state index contributed by atoms with van der Waals surface area (Å²) in [4.78, 5) is 24.9. The van der Waals surface area contributed by atoms with Crippen molar-refractivity contribution in [2.24, 2.45) is 0 Å². The van der Waals surface area contributed by atoms with Gasteiger partial charge in [-0.25, -0.2) is 9.59 Å². The molecule has 1 saturated heterocycles. The molecule has 1 atom stereocenters. The molecule has 1 unspecified atom stereocenters. The Labute approximate surface area is 123 Å². The Balaban J connectivity index is 2.14. The molecule has 2 rings (SSSR count). The van der Waals surface area contributed by atoms with Gasteiger partial charge in [0.25, 0.3) is 0 Å². The molecule has 6 nitrogen and oxygen atoms in total. The highest BCUT2D eigenvalue weighted by Crippen LogP contribution is 2.22. The van der Waals surface area contributed by atoms with Gasteiger partial charge in [-0.2, -0.15) is 0 Å². The van der Waals surface area contributed by atoms with Gasteiger partial charge in [-0.3, -0.25) is 4.90 Å². The molecule has 6 heteroatoms. The van der Waals surface area contributed by atoms with Gasteiger partial charge in [0, 0.05) is 13.7 Å². The molecule has 1 aromatic carbocycles. The number of nitrogens with one attached hydrogen (secondary N) is 1. The highest BCUT2D eigenvalue weighted by Gasteiger charge is 2.31. The molecular formula is C15H20N2O4. The molecule has 1 heterocycles.